The molecule has 1 atom stereocenters. The quantitative estimate of drug-likeness (QED) is 0.824. The second kappa shape index (κ2) is 7.21. The maximum absolute atomic E-state index is 12.9. The molecule has 2 N–H and O–H groups in total. The minimum Gasteiger partial charge on any atom is -0.357 e. The molecule has 2 aromatic rings. The lowest BCUT2D eigenvalue weighted by Gasteiger charge is -2.21. The molecular weight excluding hydrogens is 369 g/mol. The summed E-state index contributed by atoms with van der Waals surface area (Å²) in [5.41, 5.74) is 1.73. The van der Waals surface area contributed by atoms with Crippen molar-refractivity contribution in [1.82, 2.24) is 25.3 Å². The summed E-state index contributed by atoms with van der Waals surface area (Å²) in [5, 5.41) is 11.0. The van der Waals surface area contributed by atoms with Gasteiger partial charge in [0.25, 0.3) is 0 Å². The van der Waals surface area contributed by atoms with Crippen LogP contribution >= 0.6 is 0 Å². The summed E-state index contributed by atoms with van der Waals surface area (Å²) in [6.07, 6.45) is 2.13. The fourth-order valence-corrected chi connectivity index (χ4v) is 3.33. The van der Waals surface area contributed by atoms with E-state index in [4.69, 9.17) is 0 Å². The van der Waals surface area contributed by atoms with Gasteiger partial charge in [0, 0.05) is 24.5 Å². The lowest BCUT2D eigenvalue weighted by molar-refractivity contribution is -0.137. The summed E-state index contributed by atoms with van der Waals surface area (Å²) in [4.78, 5) is 6.69. The molecule has 1 fully saturated rings. The van der Waals surface area contributed by atoms with Gasteiger partial charge in [0.05, 0.1) is 24.0 Å². The molecule has 1 saturated heterocycles. The first-order valence-corrected chi connectivity index (χ1v) is 9.14. The van der Waals surface area contributed by atoms with E-state index in [-0.39, 0.29) is 12.7 Å². The predicted octanol–water partition coefficient (Wildman–Crippen LogP) is 3.06. The zero-order valence-electron chi connectivity index (χ0n) is 15.4. The van der Waals surface area contributed by atoms with Crippen molar-refractivity contribution in [3.8, 4) is 0 Å². The third-order valence-electron chi connectivity index (χ3n) is 4.65. The Morgan fingerprint density at radius 1 is 1.25 bits per heavy atom. The number of aromatic nitrogens is 2. The topological polar surface area (TPSA) is 57.5 Å². The van der Waals surface area contributed by atoms with Crippen LogP contribution in [0, 0.1) is 0 Å². The molecule has 148 valence electrons. The first-order chi connectivity index (χ1) is 13.4. The molecule has 0 radical (unpaired) electrons. The smallest absolute Gasteiger partial charge is 0.357 e. The number of nitrogens with zero attached hydrogens (tertiary/aromatic N) is 4. The zero-order valence-corrected chi connectivity index (χ0v) is 15.4. The number of benzene rings is 1. The summed E-state index contributed by atoms with van der Waals surface area (Å²) in [6.45, 7) is 3.97. The van der Waals surface area contributed by atoms with Gasteiger partial charge in [0.2, 0.25) is 0 Å². The number of rotatable bonds is 5. The number of nitrogens with one attached hydrogen (secondary N) is 2. The number of aliphatic imine (C=N–C) groups is 1. The van der Waals surface area contributed by atoms with Crippen LogP contribution in [0.25, 0.3) is 0 Å². The van der Waals surface area contributed by atoms with Gasteiger partial charge in [-0.3, -0.25) is 4.68 Å². The Morgan fingerprint density at radius 2 is 2.11 bits per heavy atom. The lowest BCUT2D eigenvalue weighted by Crippen LogP contribution is -2.28. The molecule has 0 spiro atoms. The van der Waals surface area contributed by atoms with E-state index in [1.165, 1.54) is 6.07 Å². The monoisotopic (exact) mass is 390 g/mol. The van der Waals surface area contributed by atoms with Gasteiger partial charge in [-0.25, -0.2) is 4.99 Å². The van der Waals surface area contributed by atoms with Crippen LogP contribution in [-0.2, 0) is 12.7 Å². The Hall–Kier alpha value is -2.97. The molecule has 9 heteroatoms. The van der Waals surface area contributed by atoms with Crippen LogP contribution in [0.5, 0.6) is 0 Å². The van der Waals surface area contributed by atoms with Gasteiger partial charge >= 0.3 is 6.18 Å². The number of fused-ring (bicyclic) bond motifs is 1. The molecule has 0 bridgehead atoms. The van der Waals surface area contributed by atoms with Crippen LogP contribution in [0.2, 0.25) is 0 Å². The fourth-order valence-electron chi connectivity index (χ4n) is 3.33. The SMILES string of the molecule is CCCN1C=C2NC(c3cnn(Cc4cccc(C(F)(F)F)c4)c3)NC2=NC1. The molecule has 6 nitrogen and oxygen atoms in total. The molecule has 0 amide bonds. The summed E-state index contributed by atoms with van der Waals surface area (Å²) in [7, 11) is 0. The fraction of sp³-hybridized carbons (Fsp3) is 0.368. The van der Waals surface area contributed by atoms with Gasteiger partial charge in [-0.05, 0) is 24.1 Å². The van der Waals surface area contributed by atoms with Crippen molar-refractivity contribution in [2.45, 2.75) is 32.2 Å². The Bertz CT molecular complexity index is 914. The van der Waals surface area contributed by atoms with Crippen molar-refractivity contribution in [3.05, 3.63) is 65.2 Å². The third kappa shape index (κ3) is 3.83. The molecule has 28 heavy (non-hydrogen) atoms. The van der Waals surface area contributed by atoms with E-state index in [9.17, 15) is 13.2 Å². The highest BCUT2D eigenvalue weighted by Crippen LogP contribution is 2.29. The third-order valence-corrected chi connectivity index (χ3v) is 4.65. The predicted molar refractivity (Wildman–Crippen MR) is 99.2 cm³/mol. The van der Waals surface area contributed by atoms with Crippen molar-refractivity contribution in [2.24, 2.45) is 4.99 Å². The van der Waals surface area contributed by atoms with Gasteiger partial charge in [-0.1, -0.05) is 19.1 Å². The Labute approximate surface area is 160 Å². The molecule has 2 aliphatic heterocycles. The van der Waals surface area contributed by atoms with Crippen LogP contribution in [-0.4, -0.2) is 33.7 Å². The Morgan fingerprint density at radius 3 is 2.89 bits per heavy atom. The van der Waals surface area contributed by atoms with E-state index in [1.54, 1.807) is 16.9 Å². The molecule has 0 aliphatic carbocycles. The number of alkyl halides is 3. The molecule has 0 saturated carbocycles. The van der Waals surface area contributed by atoms with E-state index in [2.05, 4.69) is 38.7 Å². The molecule has 1 aromatic carbocycles. The number of halogens is 3. The molecule has 1 unspecified atom stereocenters. The number of hydrogen-bond acceptors (Lipinski definition) is 5. The van der Waals surface area contributed by atoms with E-state index in [0.29, 0.717) is 12.2 Å². The van der Waals surface area contributed by atoms with E-state index in [0.717, 1.165) is 42.2 Å². The standard InChI is InChI=1S/C19H21F3N6/c1-2-6-27-11-16-18(23-12-27)26-17(25-16)14-8-24-28(10-14)9-13-4-3-5-15(7-13)19(20,21)22/h3-5,7-8,10-11,17,25H,2,6,9,12H2,1H3,(H,23,26). The van der Waals surface area contributed by atoms with Crippen LogP contribution in [0.4, 0.5) is 13.2 Å². The van der Waals surface area contributed by atoms with Gasteiger partial charge in [0.15, 0.2) is 0 Å². The second-order valence-corrected chi connectivity index (χ2v) is 6.89. The normalized spacial score (nSPS) is 18.9. The molecule has 1 aromatic heterocycles. The summed E-state index contributed by atoms with van der Waals surface area (Å²) in [6, 6.07) is 5.31. The highest BCUT2D eigenvalue weighted by atomic mass is 19.4. The number of amidine groups is 1. The van der Waals surface area contributed by atoms with Crippen LogP contribution < -0.4 is 10.6 Å². The average molecular weight is 390 g/mol. The maximum Gasteiger partial charge on any atom is 0.416 e. The van der Waals surface area contributed by atoms with Crippen molar-refractivity contribution < 1.29 is 13.2 Å². The first-order valence-electron chi connectivity index (χ1n) is 9.14. The van der Waals surface area contributed by atoms with Gasteiger partial charge < -0.3 is 15.5 Å². The van der Waals surface area contributed by atoms with Crippen LogP contribution in [0.15, 0.2) is 53.5 Å². The molecule has 3 heterocycles. The van der Waals surface area contributed by atoms with E-state index >= 15 is 0 Å². The Balaban J connectivity index is 1.45. The van der Waals surface area contributed by atoms with Crippen molar-refractivity contribution in [2.75, 3.05) is 13.2 Å². The van der Waals surface area contributed by atoms with E-state index in [1.807, 2.05) is 6.20 Å². The summed E-state index contributed by atoms with van der Waals surface area (Å²) < 4.78 is 40.3. The van der Waals surface area contributed by atoms with Gasteiger partial charge in [0.1, 0.15) is 18.7 Å². The highest BCUT2D eigenvalue weighted by Gasteiger charge is 2.31. The van der Waals surface area contributed by atoms with Crippen molar-refractivity contribution in [1.29, 1.82) is 0 Å². The summed E-state index contributed by atoms with van der Waals surface area (Å²) >= 11 is 0. The van der Waals surface area contributed by atoms with Crippen LogP contribution in [0.1, 0.15) is 36.2 Å². The second-order valence-electron chi connectivity index (χ2n) is 6.89. The average Bonchev–Trinajstić information content (AvgIpc) is 3.28. The zero-order chi connectivity index (χ0) is 19.7. The molecule has 4 rings (SSSR count). The van der Waals surface area contributed by atoms with Gasteiger partial charge in [-0.15, -0.1) is 0 Å². The largest absolute Gasteiger partial charge is 0.416 e. The summed E-state index contributed by atoms with van der Waals surface area (Å²) in [5.74, 6) is 0.822. The molecule has 2 aliphatic rings. The maximum atomic E-state index is 12.9. The van der Waals surface area contributed by atoms with Crippen molar-refractivity contribution in [3.63, 3.8) is 0 Å². The van der Waals surface area contributed by atoms with Crippen molar-refractivity contribution >= 4 is 5.84 Å². The number of hydrogen-bond donors (Lipinski definition) is 2. The Kier molecular flexibility index (Phi) is 4.74. The minimum atomic E-state index is -4.35. The molecular formula is C19H21F3N6. The minimum absolute atomic E-state index is 0.165. The first kappa shape index (κ1) is 18.4. The lowest BCUT2D eigenvalue weighted by atomic mass is 10.1. The van der Waals surface area contributed by atoms with Gasteiger partial charge in [-0.2, -0.15) is 18.3 Å². The van der Waals surface area contributed by atoms with E-state index < -0.39 is 11.7 Å². The van der Waals surface area contributed by atoms with Crippen LogP contribution in [0.3, 0.4) is 0 Å². The highest BCUT2D eigenvalue weighted by molar-refractivity contribution is 6.00.